The highest BCUT2D eigenvalue weighted by atomic mass is 19.1. The number of hydrogen-bond donors (Lipinski definition) is 2. The van der Waals surface area contributed by atoms with E-state index in [-0.39, 0.29) is 5.82 Å². The summed E-state index contributed by atoms with van der Waals surface area (Å²) < 4.78 is 18.5. The Morgan fingerprint density at radius 1 is 1.29 bits per heavy atom. The van der Waals surface area contributed by atoms with Crippen molar-refractivity contribution < 1.29 is 9.13 Å². The molecule has 1 aromatic carbocycles. The molecule has 0 radical (unpaired) electrons. The van der Waals surface area contributed by atoms with Crippen LogP contribution in [0.1, 0.15) is 5.56 Å². The number of nitrogens with one attached hydrogen (secondary N) is 2. The van der Waals surface area contributed by atoms with Crippen molar-refractivity contribution in [1.82, 2.24) is 15.5 Å². The first-order valence-corrected chi connectivity index (χ1v) is 7.02. The molecule has 0 aliphatic heterocycles. The summed E-state index contributed by atoms with van der Waals surface area (Å²) in [5, 5.41) is 6.30. The average Bonchev–Trinajstić information content (AvgIpc) is 2.50. The van der Waals surface area contributed by atoms with Crippen LogP contribution in [-0.2, 0) is 11.3 Å². The third-order valence-electron chi connectivity index (χ3n) is 3.09. The average molecular weight is 296 g/mol. The number of nitrogens with zero attached hydrogens (tertiary/aromatic N) is 2. The van der Waals surface area contributed by atoms with Gasteiger partial charge in [0.25, 0.3) is 0 Å². The Kier molecular flexibility index (Phi) is 8.38. The minimum Gasteiger partial charge on any atom is -0.383 e. The number of benzene rings is 1. The number of hydrogen-bond acceptors (Lipinski definition) is 3. The Morgan fingerprint density at radius 3 is 2.71 bits per heavy atom. The molecule has 0 fully saturated rings. The minimum atomic E-state index is -0.209. The van der Waals surface area contributed by atoms with Gasteiger partial charge in [-0.15, -0.1) is 0 Å². The molecule has 6 heteroatoms. The zero-order valence-electron chi connectivity index (χ0n) is 13.0. The van der Waals surface area contributed by atoms with Gasteiger partial charge in [0.2, 0.25) is 0 Å². The molecule has 1 aromatic rings. The molecule has 0 saturated heterocycles. The molecule has 21 heavy (non-hydrogen) atoms. The molecule has 0 spiro atoms. The molecule has 0 atom stereocenters. The summed E-state index contributed by atoms with van der Waals surface area (Å²) in [5.74, 6) is 0.457. The largest absolute Gasteiger partial charge is 0.383 e. The molecule has 118 valence electrons. The maximum atomic E-state index is 13.5. The van der Waals surface area contributed by atoms with Crippen LogP contribution < -0.4 is 10.6 Å². The number of guanidine groups is 1. The van der Waals surface area contributed by atoms with E-state index in [0.29, 0.717) is 18.1 Å². The lowest BCUT2D eigenvalue weighted by atomic mass is 10.2. The topological polar surface area (TPSA) is 48.9 Å². The monoisotopic (exact) mass is 296 g/mol. The molecule has 1 rings (SSSR count). The van der Waals surface area contributed by atoms with Crippen molar-refractivity contribution in [2.24, 2.45) is 4.99 Å². The molecule has 0 unspecified atom stereocenters. The molecule has 2 N–H and O–H groups in total. The lowest BCUT2D eigenvalue weighted by Gasteiger charge is -2.18. The smallest absolute Gasteiger partial charge is 0.191 e. The fourth-order valence-corrected chi connectivity index (χ4v) is 1.77. The molecule has 0 heterocycles. The number of ether oxygens (including phenoxy) is 1. The highest BCUT2D eigenvalue weighted by Gasteiger charge is 2.03. The van der Waals surface area contributed by atoms with Gasteiger partial charge in [-0.3, -0.25) is 4.99 Å². The van der Waals surface area contributed by atoms with Crippen molar-refractivity contribution in [3.05, 3.63) is 35.6 Å². The van der Waals surface area contributed by atoms with E-state index in [1.54, 1.807) is 26.3 Å². The van der Waals surface area contributed by atoms with Gasteiger partial charge in [-0.2, -0.15) is 0 Å². The third kappa shape index (κ3) is 7.06. The second-order valence-electron chi connectivity index (χ2n) is 4.74. The van der Waals surface area contributed by atoms with Gasteiger partial charge in [0.1, 0.15) is 5.82 Å². The lowest BCUT2D eigenvalue weighted by molar-refractivity contribution is 0.162. The summed E-state index contributed by atoms with van der Waals surface area (Å²) in [6.45, 7) is 3.66. The Balaban J connectivity index is 2.28. The van der Waals surface area contributed by atoms with Crippen molar-refractivity contribution in [3.63, 3.8) is 0 Å². The number of methoxy groups -OCH3 is 1. The van der Waals surface area contributed by atoms with E-state index in [9.17, 15) is 4.39 Å². The predicted octanol–water partition coefficient (Wildman–Crippen LogP) is 1.07. The van der Waals surface area contributed by atoms with Crippen LogP contribution >= 0.6 is 0 Å². The SMILES string of the molecule is CN=C(NCCN(C)CCOC)NCc1ccccc1F. The summed E-state index contributed by atoms with van der Waals surface area (Å²) in [6, 6.07) is 6.72. The van der Waals surface area contributed by atoms with Crippen molar-refractivity contribution in [3.8, 4) is 0 Å². The van der Waals surface area contributed by atoms with Gasteiger partial charge in [-0.1, -0.05) is 18.2 Å². The number of rotatable bonds is 8. The first-order valence-electron chi connectivity index (χ1n) is 7.02. The number of likely N-dealkylation sites (N-methyl/N-ethyl adjacent to an activating group) is 1. The molecular formula is C15H25FN4O. The van der Waals surface area contributed by atoms with Gasteiger partial charge < -0.3 is 20.3 Å². The van der Waals surface area contributed by atoms with E-state index < -0.39 is 0 Å². The van der Waals surface area contributed by atoms with Crippen LogP contribution in [-0.4, -0.2) is 58.3 Å². The van der Waals surface area contributed by atoms with Gasteiger partial charge >= 0.3 is 0 Å². The second kappa shape index (κ2) is 10.1. The predicted molar refractivity (Wildman–Crippen MR) is 84.0 cm³/mol. The quantitative estimate of drug-likeness (QED) is 0.556. The summed E-state index contributed by atoms with van der Waals surface area (Å²) >= 11 is 0. The summed E-state index contributed by atoms with van der Waals surface area (Å²) in [7, 11) is 5.43. The van der Waals surface area contributed by atoms with Gasteiger partial charge in [0.15, 0.2) is 5.96 Å². The number of halogens is 1. The van der Waals surface area contributed by atoms with E-state index in [0.717, 1.165) is 26.2 Å². The van der Waals surface area contributed by atoms with Crippen molar-refractivity contribution >= 4 is 5.96 Å². The first-order chi connectivity index (χ1) is 10.2. The Labute approximate surface area is 126 Å². The minimum absolute atomic E-state index is 0.209. The lowest BCUT2D eigenvalue weighted by Crippen LogP contribution is -2.41. The zero-order valence-corrected chi connectivity index (χ0v) is 13.0. The summed E-state index contributed by atoms with van der Waals surface area (Å²) in [5.41, 5.74) is 0.623. The van der Waals surface area contributed by atoms with Crippen LogP contribution in [0.25, 0.3) is 0 Å². The maximum Gasteiger partial charge on any atom is 0.191 e. The number of aliphatic imine (C=N–C) groups is 1. The Morgan fingerprint density at radius 2 is 2.05 bits per heavy atom. The van der Waals surface area contributed by atoms with E-state index in [4.69, 9.17) is 4.74 Å². The highest BCUT2D eigenvalue weighted by molar-refractivity contribution is 5.79. The normalized spacial score (nSPS) is 11.8. The summed E-state index contributed by atoms with van der Waals surface area (Å²) in [6.07, 6.45) is 0. The molecule has 0 aliphatic rings. The van der Waals surface area contributed by atoms with E-state index in [2.05, 4.69) is 20.5 Å². The maximum absolute atomic E-state index is 13.5. The standard InChI is InChI=1S/C15H25FN4O/c1-17-15(18-8-9-20(2)10-11-21-3)19-12-13-6-4-5-7-14(13)16/h4-7H,8-12H2,1-3H3,(H2,17,18,19). The van der Waals surface area contributed by atoms with Crippen molar-refractivity contribution in [1.29, 1.82) is 0 Å². The van der Waals surface area contributed by atoms with Gasteiger partial charge in [-0.05, 0) is 13.1 Å². The van der Waals surface area contributed by atoms with Gasteiger partial charge in [-0.25, -0.2) is 4.39 Å². The summed E-state index contributed by atoms with van der Waals surface area (Å²) in [4.78, 5) is 6.29. The zero-order chi connectivity index (χ0) is 15.5. The molecule has 0 aliphatic carbocycles. The Bertz CT molecular complexity index is 439. The fraction of sp³-hybridized carbons (Fsp3) is 0.533. The molecular weight excluding hydrogens is 271 g/mol. The van der Waals surface area contributed by atoms with Crippen molar-refractivity contribution in [2.45, 2.75) is 6.54 Å². The van der Waals surface area contributed by atoms with E-state index >= 15 is 0 Å². The van der Waals surface area contributed by atoms with Crippen LogP contribution in [0.4, 0.5) is 4.39 Å². The second-order valence-corrected chi connectivity index (χ2v) is 4.74. The fourth-order valence-electron chi connectivity index (χ4n) is 1.77. The highest BCUT2D eigenvalue weighted by Crippen LogP contribution is 2.05. The van der Waals surface area contributed by atoms with Crippen LogP contribution in [0.5, 0.6) is 0 Å². The van der Waals surface area contributed by atoms with Gasteiger partial charge in [0.05, 0.1) is 6.61 Å². The first kappa shape index (κ1) is 17.4. The van der Waals surface area contributed by atoms with Gasteiger partial charge in [0, 0.05) is 45.9 Å². The van der Waals surface area contributed by atoms with Crippen molar-refractivity contribution in [2.75, 3.05) is 47.4 Å². The molecule has 0 bridgehead atoms. The van der Waals surface area contributed by atoms with Crippen LogP contribution in [0.15, 0.2) is 29.3 Å². The Hall–Kier alpha value is -1.66. The molecule has 5 nitrogen and oxygen atoms in total. The van der Waals surface area contributed by atoms with E-state index in [1.807, 2.05) is 13.1 Å². The molecule has 0 aromatic heterocycles. The van der Waals surface area contributed by atoms with E-state index in [1.165, 1.54) is 6.07 Å². The third-order valence-corrected chi connectivity index (χ3v) is 3.09. The molecule has 0 saturated carbocycles. The van der Waals surface area contributed by atoms with Crippen LogP contribution in [0, 0.1) is 5.82 Å². The van der Waals surface area contributed by atoms with Crippen LogP contribution in [0.2, 0.25) is 0 Å². The van der Waals surface area contributed by atoms with Crippen LogP contribution in [0.3, 0.4) is 0 Å². The molecule has 0 amide bonds.